The van der Waals surface area contributed by atoms with Crippen LogP contribution in [-0.4, -0.2) is 29.7 Å². The summed E-state index contributed by atoms with van der Waals surface area (Å²) in [6.07, 6.45) is 5.02. The average molecular weight is 259 g/mol. The van der Waals surface area contributed by atoms with Crippen LogP contribution in [0.3, 0.4) is 0 Å². The molecule has 1 aromatic carbocycles. The number of ether oxygens (including phenoxy) is 1. The largest absolute Gasteiger partial charge is 0.465 e. The molecule has 19 heavy (non-hydrogen) atoms. The summed E-state index contributed by atoms with van der Waals surface area (Å²) in [4.78, 5) is 7.60. The third kappa shape index (κ3) is 3.26. The van der Waals surface area contributed by atoms with Crippen molar-refractivity contribution in [2.75, 3.05) is 19.7 Å². The standard InChI is InChI=1S/C15H21N3O/c1-2-8-14-13(7-1)17-15(18-14)19-10-4-6-12-5-3-9-16-11-12/h1-2,7-8,12,16H,3-6,9-11H2,(H,17,18). The number of hydrogen-bond acceptors (Lipinski definition) is 3. The summed E-state index contributed by atoms with van der Waals surface area (Å²) in [5.41, 5.74) is 2.00. The summed E-state index contributed by atoms with van der Waals surface area (Å²) in [5, 5.41) is 3.45. The molecular weight excluding hydrogens is 238 g/mol. The van der Waals surface area contributed by atoms with Gasteiger partial charge in [-0.05, 0) is 56.8 Å². The molecular formula is C15H21N3O. The fourth-order valence-electron chi connectivity index (χ4n) is 2.71. The quantitative estimate of drug-likeness (QED) is 0.812. The molecule has 102 valence electrons. The van der Waals surface area contributed by atoms with Crippen LogP contribution in [0.1, 0.15) is 25.7 Å². The van der Waals surface area contributed by atoms with Crippen molar-refractivity contribution in [3.8, 4) is 6.01 Å². The normalized spacial score (nSPS) is 19.7. The lowest BCUT2D eigenvalue weighted by Gasteiger charge is -2.22. The zero-order valence-corrected chi connectivity index (χ0v) is 11.2. The molecule has 4 heteroatoms. The van der Waals surface area contributed by atoms with Gasteiger partial charge in [0.25, 0.3) is 6.01 Å². The Hall–Kier alpha value is -1.55. The minimum Gasteiger partial charge on any atom is -0.465 e. The highest BCUT2D eigenvalue weighted by molar-refractivity contribution is 5.75. The Kier molecular flexibility index (Phi) is 3.98. The summed E-state index contributed by atoms with van der Waals surface area (Å²) < 4.78 is 5.69. The first-order valence-corrected chi connectivity index (χ1v) is 7.20. The van der Waals surface area contributed by atoms with E-state index in [1.807, 2.05) is 24.3 Å². The smallest absolute Gasteiger partial charge is 0.294 e. The van der Waals surface area contributed by atoms with E-state index in [0.29, 0.717) is 6.01 Å². The molecule has 0 aliphatic carbocycles. The number of nitrogens with one attached hydrogen (secondary N) is 2. The van der Waals surface area contributed by atoms with Gasteiger partial charge in [-0.25, -0.2) is 0 Å². The van der Waals surface area contributed by atoms with Gasteiger partial charge in [-0.3, -0.25) is 0 Å². The highest BCUT2D eigenvalue weighted by atomic mass is 16.5. The molecule has 2 heterocycles. The lowest BCUT2D eigenvalue weighted by Crippen LogP contribution is -2.29. The summed E-state index contributed by atoms with van der Waals surface area (Å²) in [7, 11) is 0. The molecule has 3 rings (SSSR count). The van der Waals surface area contributed by atoms with Crippen LogP contribution in [0.2, 0.25) is 0 Å². The lowest BCUT2D eigenvalue weighted by atomic mass is 9.95. The van der Waals surface area contributed by atoms with Crippen molar-refractivity contribution in [3.63, 3.8) is 0 Å². The van der Waals surface area contributed by atoms with Gasteiger partial charge in [-0.1, -0.05) is 12.1 Å². The van der Waals surface area contributed by atoms with Crippen molar-refractivity contribution < 1.29 is 4.74 Å². The van der Waals surface area contributed by atoms with Crippen LogP contribution in [0.25, 0.3) is 11.0 Å². The van der Waals surface area contributed by atoms with Crippen LogP contribution in [0.5, 0.6) is 6.01 Å². The Morgan fingerprint density at radius 3 is 3.11 bits per heavy atom. The van der Waals surface area contributed by atoms with Gasteiger partial charge in [0.2, 0.25) is 0 Å². The van der Waals surface area contributed by atoms with E-state index in [2.05, 4.69) is 15.3 Å². The molecule has 1 aliphatic heterocycles. The SMILES string of the molecule is c1ccc2[nH]c(OCCCC3CCCNC3)nc2c1. The van der Waals surface area contributed by atoms with Crippen LogP contribution in [0.15, 0.2) is 24.3 Å². The number of hydrogen-bond donors (Lipinski definition) is 2. The van der Waals surface area contributed by atoms with E-state index in [1.165, 1.54) is 32.4 Å². The fraction of sp³-hybridized carbons (Fsp3) is 0.533. The van der Waals surface area contributed by atoms with Crippen LogP contribution >= 0.6 is 0 Å². The predicted octanol–water partition coefficient (Wildman–Crippen LogP) is 2.72. The van der Waals surface area contributed by atoms with E-state index < -0.39 is 0 Å². The molecule has 2 N–H and O–H groups in total. The number of imidazole rings is 1. The Bertz CT molecular complexity index is 484. The van der Waals surface area contributed by atoms with E-state index in [1.54, 1.807) is 0 Å². The van der Waals surface area contributed by atoms with Crippen molar-refractivity contribution in [1.29, 1.82) is 0 Å². The molecule has 1 saturated heterocycles. The number of rotatable bonds is 5. The molecule has 1 atom stereocenters. The number of aromatic amines is 1. The van der Waals surface area contributed by atoms with E-state index in [9.17, 15) is 0 Å². The van der Waals surface area contributed by atoms with Crippen LogP contribution in [0, 0.1) is 5.92 Å². The second-order valence-electron chi connectivity index (χ2n) is 5.26. The minimum atomic E-state index is 0.642. The van der Waals surface area contributed by atoms with E-state index in [4.69, 9.17) is 4.74 Å². The highest BCUT2D eigenvalue weighted by Gasteiger charge is 2.12. The second kappa shape index (κ2) is 6.06. The third-order valence-electron chi connectivity index (χ3n) is 3.76. The first kappa shape index (κ1) is 12.5. The van der Waals surface area contributed by atoms with E-state index in [0.717, 1.165) is 30.0 Å². The van der Waals surface area contributed by atoms with Crippen LogP contribution in [0.4, 0.5) is 0 Å². The van der Waals surface area contributed by atoms with Gasteiger partial charge in [0.1, 0.15) is 0 Å². The molecule has 0 saturated carbocycles. The number of H-pyrrole nitrogens is 1. The maximum absolute atomic E-state index is 5.69. The molecule has 0 amide bonds. The Balaban J connectivity index is 1.44. The van der Waals surface area contributed by atoms with Gasteiger partial charge in [0.05, 0.1) is 17.6 Å². The maximum atomic E-state index is 5.69. The van der Waals surface area contributed by atoms with Gasteiger partial charge in [0.15, 0.2) is 0 Å². The number of benzene rings is 1. The second-order valence-corrected chi connectivity index (χ2v) is 5.26. The summed E-state index contributed by atoms with van der Waals surface area (Å²) in [6, 6.07) is 8.64. The van der Waals surface area contributed by atoms with Gasteiger partial charge < -0.3 is 15.0 Å². The number of aromatic nitrogens is 2. The van der Waals surface area contributed by atoms with Crippen LogP contribution in [-0.2, 0) is 0 Å². The third-order valence-corrected chi connectivity index (χ3v) is 3.76. The first-order valence-electron chi connectivity index (χ1n) is 7.20. The van der Waals surface area contributed by atoms with Gasteiger partial charge in [-0.15, -0.1) is 0 Å². The average Bonchev–Trinajstić information content (AvgIpc) is 2.87. The predicted molar refractivity (Wildman–Crippen MR) is 76.4 cm³/mol. The van der Waals surface area contributed by atoms with Gasteiger partial charge in [-0.2, -0.15) is 4.98 Å². The molecule has 0 bridgehead atoms. The zero-order chi connectivity index (χ0) is 12.9. The maximum Gasteiger partial charge on any atom is 0.294 e. The number of nitrogens with zero attached hydrogens (tertiary/aromatic N) is 1. The Morgan fingerprint density at radius 2 is 2.26 bits per heavy atom. The van der Waals surface area contributed by atoms with Crippen molar-refractivity contribution >= 4 is 11.0 Å². The van der Waals surface area contributed by atoms with Gasteiger partial charge >= 0.3 is 0 Å². The van der Waals surface area contributed by atoms with Crippen LogP contribution < -0.4 is 10.1 Å². The highest BCUT2D eigenvalue weighted by Crippen LogP contribution is 2.17. The molecule has 1 aliphatic rings. The topological polar surface area (TPSA) is 49.9 Å². The Labute approximate surface area is 113 Å². The molecule has 0 spiro atoms. The number of fused-ring (bicyclic) bond motifs is 1. The summed E-state index contributed by atoms with van der Waals surface area (Å²) >= 11 is 0. The molecule has 1 aromatic heterocycles. The molecule has 0 radical (unpaired) electrons. The molecule has 2 aromatic rings. The molecule has 4 nitrogen and oxygen atoms in total. The number of para-hydroxylation sites is 2. The lowest BCUT2D eigenvalue weighted by molar-refractivity contribution is 0.262. The summed E-state index contributed by atoms with van der Waals surface area (Å²) in [6.45, 7) is 3.10. The molecule has 1 unspecified atom stereocenters. The minimum absolute atomic E-state index is 0.642. The first-order chi connectivity index (χ1) is 9.42. The van der Waals surface area contributed by atoms with Crippen molar-refractivity contribution in [1.82, 2.24) is 15.3 Å². The molecule has 1 fully saturated rings. The Morgan fingerprint density at radius 1 is 1.32 bits per heavy atom. The van der Waals surface area contributed by atoms with Gasteiger partial charge in [0, 0.05) is 0 Å². The fourth-order valence-corrected chi connectivity index (χ4v) is 2.71. The zero-order valence-electron chi connectivity index (χ0n) is 11.2. The summed E-state index contributed by atoms with van der Waals surface area (Å²) in [5.74, 6) is 0.827. The number of piperidine rings is 1. The van der Waals surface area contributed by atoms with Crippen molar-refractivity contribution in [2.45, 2.75) is 25.7 Å². The van der Waals surface area contributed by atoms with E-state index >= 15 is 0 Å². The van der Waals surface area contributed by atoms with E-state index in [-0.39, 0.29) is 0 Å². The monoisotopic (exact) mass is 259 g/mol. The van der Waals surface area contributed by atoms with Crippen molar-refractivity contribution in [2.24, 2.45) is 5.92 Å². The van der Waals surface area contributed by atoms with Crippen molar-refractivity contribution in [3.05, 3.63) is 24.3 Å².